The van der Waals surface area contributed by atoms with Crippen molar-refractivity contribution >= 4 is 28.5 Å². The molecule has 10 heteroatoms. The summed E-state index contributed by atoms with van der Waals surface area (Å²) in [5, 5.41) is 17.6. The lowest BCUT2D eigenvalue weighted by Crippen LogP contribution is -2.29. The fourth-order valence-corrected chi connectivity index (χ4v) is 3.77. The third-order valence-corrected chi connectivity index (χ3v) is 5.50. The highest BCUT2D eigenvalue weighted by Gasteiger charge is 2.21. The number of hydrogen-bond acceptors (Lipinski definition) is 8. The van der Waals surface area contributed by atoms with E-state index in [0.29, 0.717) is 31.4 Å². The van der Waals surface area contributed by atoms with E-state index in [1.165, 1.54) is 6.20 Å². The van der Waals surface area contributed by atoms with Crippen molar-refractivity contribution in [2.75, 3.05) is 23.7 Å². The first-order valence-corrected chi connectivity index (χ1v) is 10.3. The third-order valence-electron chi connectivity index (χ3n) is 5.50. The second kappa shape index (κ2) is 9.04. The molecule has 1 fully saturated rings. The summed E-state index contributed by atoms with van der Waals surface area (Å²) in [5.74, 6) is 1.91. The first-order chi connectivity index (χ1) is 14.6. The normalized spacial score (nSPS) is 19.0. The van der Waals surface area contributed by atoms with E-state index in [-0.39, 0.29) is 17.5 Å². The molecule has 1 aliphatic carbocycles. The molecule has 0 saturated heterocycles. The lowest BCUT2D eigenvalue weighted by molar-refractivity contribution is -0.384. The number of nitro groups is 1. The first kappa shape index (κ1) is 20.0. The Hall–Kier alpha value is -3.27. The van der Waals surface area contributed by atoms with Gasteiger partial charge in [-0.1, -0.05) is 12.1 Å². The number of benzene rings is 1. The molecule has 0 atom stereocenters. The molecule has 0 radical (unpaired) electrons. The minimum atomic E-state index is -0.461. The van der Waals surface area contributed by atoms with Crippen LogP contribution in [0.15, 0.2) is 30.5 Å². The van der Waals surface area contributed by atoms with Crippen molar-refractivity contribution in [3.63, 3.8) is 0 Å². The number of nitrogens with zero attached hydrogens (tertiary/aromatic N) is 4. The van der Waals surface area contributed by atoms with Gasteiger partial charge in [0.25, 0.3) is 0 Å². The lowest BCUT2D eigenvalue weighted by atomic mass is 9.86. The molecular formula is C20H26N8O2. The predicted molar refractivity (Wildman–Crippen MR) is 115 cm³/mol. The monoisotopic (exact) mass is 410 g/mol. The summed E-state index contributed by atoms with van der Waals surface area (Å²) in [6.07, 6.45) is 5.93. The zero-order chi connectivity index (χ0) is 20.9. The van der Waals surface area contributed by atoms with Gasteiger partial charge in [0.15, 0.2) is 0 Å². The maximum atomic E-state index is 11.3. The van der Waals surface area contributed by atoms with Crippen LogP contribution >= 0.6 is 0 Å². The van der Waals surface area contributed by atoms with E-state index < -0.39 is 4.92 Å². The molecule has 0 bridgehead atoms. The molecule has 10 nitrogen and oxygen atoms in total. The van der Waals surface area contributed by atoms with Gasteiger partial charge in [0, 0.05) is 25.6 Å². The van der Waals surface area contributed by atoms with Crippen molar-refractivity contribution in [3.8, 4) is 0 Å². The number of anilines is 2. The van der Waals surface area contributed by atoms with Crippen LogP contribution in [0.5, 0.6) is 0 Å². The highest BCUT2D eigenvalue weighted by molar-refractivity contribution is 5.74. The largest absolute Gasteiger partial charge is 0.364 e. The van der Waals surface area contributed by atoms with E-state index in [9.17, 15) is 10.1 Å². The van der Waals surface area contributed by atoms with E-state index in [4.69, 9.17) is 5.73 Å². The van der Waals surface area contributed by atoms with Crippen LogP contribution in [0, 0.1) is 16.0 Å². The van der Waals surface area contributed by atoms with Crippen LogP contribution in [0.25, 0.3) is 11.0 Å². The Labute approximate surface area is 173 Å². The number of para-hydroxylation sites is 2. The molecule has 158 valence electrons. The molecule has 1 saturated carbocycles. The van der Waals surface area contributed by atoms with Gasteiger partial charge in [-0.05, 0) is 43.7 Å². The molecule has 5 N–H and O–H groups in total. The SMILES string of the molecule is NC1CCC(CNc2nc(NCCc3nc4ccccc4[nH]3)ncc2[N+](=O)[O-])CC1. The Morgan fingerprint density at radius 2 is 1.97 bits per heavy atom. The molecule has 1 aromatic carbocycles. The van der Waals surface area contributed by atoms with Crippen LogP contribution in [0.4, 0.5) is 17.5 Å². The third kappa shape index (κ3) is 4.82. The summed E-state index contributed by atoms with van der Waals surface area (Å²) in [6, 6.07) is 8.13. The van der Waals surface area contributed by atoms with Gasteiger partial charge in [0.1, 0.15) is 12.0 Å². The van der Waals surface area contributed by atoms with Crippen LogP contribution in [-0.2, 0) is 6.42 Å². The van der Waals surface area contributed by atoms with E-state index in [1.807, 2.05) is 24.3 Å². The number of hydrogen-bond donors (Lipinski definition) is 4. The predicted octanol–water partition coefficient (Wildman–Crippen LogP) is 2.85. The molecule has 0 aliphatic heterocycles. The van der Waals surface area contributed by atoms with Crippen LogP contribution in [0.3, 0.4) is 0 Å². The number of aromatic amines is 1. The summed E-state index contributed by atoms with van der Waals surface area (Å²) in [7, 11) is 0. The van der Waals surface area contributed by atoms with Gasteiger partial charge in [-0.2, -0.15) is 4.98 Å². The molecule has 0 amide bonds. The minimum absolute atomic E-state index is 0.120. The number of aromatic nitrogens is 4. The van der Waals surface area contributed by atoms with Gasteiger partial charge in [0.2, 0.25) is 11.8 Å². The lowest BCUT2D eigenvalue weighted by Gasteiger charge is -2.26. The molecule has 0 spiro atoms. The first-order valence-electron chi connectivity index (χ1n) is 10.3. The van der Waals surface area contributed by atoms with Crippen LogP contribution in [0.1, 0.15) is 31.5 Å². The number of H-pyrrole nitrogens is 1. The Morgan fingerprint density at radius 3 is 2.73 bits per heavy atom. The number of rotatable bonds is 8. The van der Waals surface area contributed by atoms with Gasteiger partial charge in [-0.15, -0.1) is 0 Å². The summed E-state index contributed by atoms with van der Waals surface area (Å²) in [6.45, 7) is 1.20. The topological polar surface area (TPSA) is 148 Å². The van der Waals surface area contributed by atoms with Crippen molar-refractivity contribution in [2.24, 2.45) is 11.7 Å². The molecule has 4 rings (SSSR count). The van der Waals surface area contributed by atoms with E-state index >= 15 is 0 Å². The average molecular weight is 410 g/mol. The molecule has 1 aliphatic rings. The van der Waals surface area contributed by atoms with Gasteiger partial charge >= 0.3 is 5.69 Å². The summed E-state index contributed by atoms with van der Waals surface area (Å²) >= 11 is 0. The van der Waals surface area contributed by atoms with Crippen LogP contribution < -0.4 is 16.4 Å². The standard InChI is InChI=1S/C20H26N8O2/c21-14-7-5-13(6-8-14)11-23-19-17(28(29)30)12-24-20(27-19)22-10-9-18-25-15-3-1-2-4-16(15)26-18/h1-4,12-14H,5-11,21H2,(H,25,26)(H2,22,23,24,27). The Morgan fingerprint density at radius 1 is 1.17 bits per heavy atom. The maximum Gasteiger partial charge on any atom is 0.329 e. The average Bonchev–Trinajstić information content (AvgIpc) is 3.16. The van der Waals surface area contributed by atoms with Crippen molar-refractivity contribution in [1.82, 2.24) is 19.9 Å². The molecule has 3 aromatic rings. The van der Waals surface area contributed by atoms with Gasteiger partial charge < -0.3 is 21.4 Å². The van der Waals surface area contributed by atoms with Crippen molar-refractivity contribution in [3.05, 3.63) is 46.4 Å². The Kier molecular flexibility index (Phi) is 6.03. The smallest absolute Gasteiger partial charge is 0.329 e. The number of fused-ring (bicyclic) bond motifs is 1. The van der Waals surface area contributed by atoms with Gasteiger partial charge in [-0.25, -0.2) is 9.97 Å². The number of nitrogens with one attached hydrogen (secondary N) is 3. The van der Waals surface area contributed by atoms with Crippen molar-refractivity contribution in [1.29, 1.82) is 0 Å². The fourth-order valence-electron chi connectivity index (χ4n) is 3.77. The van der Waals surface area contributed by atoms with Crippen LogP contribution in [-0.4, -0.2) is 44.0 Å². The molecule has 0 unspecified atom stereocenters. The Balaban J connectivity index is 1.36. The highest BCUT2D eigenvalue weighted by Crippen LogP contribution is 2.26. The van der Waals surface area contributed by atoms with Gasteiger partial charge in [0.05, 0.1) is 16.0 Å². The zero-order valence-corrected chi connectivity index (χ0v) is 16.7. The minimum Gasteiger partial charge on any atom is -0.364 e. The Bertz CT molecular complexity index is 980. The molecule has 30 heavy (non-hydrogen) atoms. The quantitative estimate of drug-likeness (QED) is 0.327. The summed E-state index contributed by atoms with van der Waals surface area (Å²) < 4.78 is 0. The second-order valence-electron chi connectivity index (χ2n) is 7.72. The fraction of sp³-hybridized carbons (Fsp3) is 0.450. The highest BCUT2D eigenvalue weighted by atomic mass is 16.6. The van der Waals surface area contributed by atoms with E-state index in [0.717, 1.165) is 42.5 Å². The summed E-state index contributed by atoms with van der Waals surface area (Å²) in [5.41, 5.74) is 7.75. The molecular weight excluding hydrogens is 384 g/mol. The zero-order valence-electron chi connectivity index (χ0n) is 16.7. The summed E-state index contributed by atoms with van der Waals surface area (Å²) in [4.78, 5) is 27.1. The maximum absolute atomic E-state index is 11.3. The van der Waals surface area contributed by atoms with Crippen molar-refractivity contribution < 1.29 is 4.92 Å². The molecule has 2 heterocycles. The van der Waals surface area contributed by atoms with Crippen LogP contribution in [0.2, 0.25) is 0 Å². The van der Waals surface area contributed by atoms with E-state index in [1.54, 1.807) is 0 Å². The molecule has 2 aromatic heterocycles. The van der Waals surface area contributed by atoms with E-state index in [2.05, 4.69) is 30.6 Å². The van der Waals surface area contributed by atoms with Crippen molar-refractivity contribution in [2.45, 2.75) is 38.1 Å². The second-order valence-corrected chi connectivity index (χ2v) is 7.72. The van der Waals surface area contributed by atoms with Gasteiger partial charge in [-0.3, -0.25) is 10.1 Å². The number of nitrogens with two attached hydrogens (primary N) is 1. The number of imidazole rings is 1.